The third-order valence-electron chi connectivity index (χ3n) is 7.33. The van der Waals surface area contributed by atoms with E-state index >= 15 is 0 Å². The highest BCUT2D eigenvalue weighted by molar-refractivity contribution is 6.09. The second-order valence-electron chi connectivity index (χ2n) is 9.40. The number of hydrogen-bond acceptors (Lipinski definition) is 4. The molecule has 0 aromatic heterocycles. The van der Waals surface area contributed by atoms with Crippen molar-refractivity contribution in [2.75, 3.05) is 6.54 Å². The number of amides is 3. The van der Waals surface area contributed by atoms with Crippen LogP contribution in [0.4, 0.5) is 0 Å². The molecule has 0 unspecified atom stereocenters. The van der Waals surface area contributed by atoms with E-state index in [-0.39, 0.29) is 42.1 Å². The minimum Gasteiger partial charge on any atom is -0.274 e. The number of nitrogens with zero attached hydrogens (tertiary/aromatic N) is 3. The van der Waals surface area contributed by atoms with Crippen LogP contribution >= 0.6 is 0 Å². The Kier molecular flexibility index (Phi) is 5.29. The molecule has 6 nitrogen and oxygen atoms in total. The maximum Gasteiger partial charge on any atom is 0.263 e. The molecule has 6 heteroatoms. The lowest BCUT2D eigenvalue weighted by atomic mass is 9.85. The minimum absolute atomic E-state index is 0.244. The van der Waals surface area contributed by atoms with Gasteiger partial charge in [0, 0.05) is 6.42 Å². The molecule has 0 N–H and O–H groups in total. The molecule has 1 fully saturated rings. The van der Waals surface area contributed by atoms with Crippen molar-refractivity contribution in [1.82, 2.24) is 9.91 Å². The summed E-state index contributed by atoms with van der Waals surface area (Å²) in [6.07, 6.45) is 5.57. The van der Waals surface area contributed by atoms with Crippen molar-refractivity contribution in [2.45, 2.75) is 25.3 Å². The number of rotatable bonds is 4. The van der Waals surface area contributed by atoms with Gasteiger partial charge in [0.1, 0.15) is 6.54 Å². The molecule has 1 aliphatic carbocycles. The highest BCUT2D eigenvalue weighted by Crippen LogP contribution is 2.37. The Hall–Kier alpha value is -4.06. The minimum atomic E-state index is -0.347. The summed E-state index contributed by atoms with van der Waals surface area (Å²) in [5.74, 6) is -1.53. The van der Waals surface area contributed by atoms with Crippen LogP contribution in [-0.4, -0.2) is 39.9 Å². The Balaban J connectivity index is 1.31. The lowest BCUT2D eigenvalue weighted by molar-refractivity contribution is -0.147. The summed E-state index contributed by atoms with van der Waals surface area (Å²) in [5.41, 5.74) is 2.75. The van der Waals surface area contributed by atoms with Crippen molar-refractivity contribution in [3.8, 4) is 0 Å². The van der Waals surface area contributed by atoms with Gasteiger partial charge in [0.05, 0.1) is 23.6 Å². The third-order valence-corrected chi connectivity index (χ3v) is 7.33. The maximum atomic E-state index is 13.5. The maximum absolute atomic E-state index is 13.5. The smallest absolute Gasteiger partial charge is 0.263 e. The first-order valence-electron chi connectivity index (χ1n) is 12.0. The predicted molar refractivity (Wildman–Crippen MR) is 133 cm³/mol. The van der Waals surface area contributed by atoms with E-state index in [4.69, 9.17) is 5.10 Å². The fraction of sp³-hybridized carbons (Fsp3) is 0.241. The first kappa shape index (κ1) is 21.5. The molecule has 35 heavy (non-hydrogen) atoms. The summed E-state index contributed by atoms with van der Waals surface area (Å²) in [6.45, 7) is -0.275. The van der Waals surface area contributed by atoms with Gasteiger partial charge in [0.15, 0.2) is 0 Å². The van der Waals surface area contributed by atoms with Gasteiger partial charge >= 0.3 is 0 Å². The van der Waals surface area contributed by atoms with Gasteiger partial charge in [-0.1, -0.05) is 78.9 Å². The van der Waals surface area contributed by atoms with E-state index < -0.39 is 0 Å². The van der Waals surface area contributed by atoms with Crippen molar-refractivity contribution in [3.05, 3.63) is 96.1 Å². The van der Waals surface area contributed by atoms with E-state index in [2.05, 4.69) is 24.3 Å². The number of benzene rings is 3. The highest BCUT2D eigenvalue weighted by Gasteiger charge is 2.48. The van der Waals surface area contributed by atoms with Crippen molar-refractivity contribution < 1.29 is 14.4 Å². The van der Waals surface area contributed by atoms with Gasteiger partial charge in [0.2, 0.25) is 11.8 Å². The topological polar surface area (TPSA) is 70.1 Å². The van der Waals surface area contributed by atoms with E-state index in [1.54, 1.807) is 0 Å². The predicted octanol–water partition coefficient (Wildman–Crippen LogP) is 4.47. The van der Waals surface area contributed by atoms with Crippen LogP contribution in [0, 0.1) is 11.8 Å². The molecule has 0 radical (unpaired) electrons. The van der Waals surface area contributed by atoms with Crippen molar-refractivity contribution in [3.63, 3.8) is 0 Å². The Bertz CT molecular complexity index is 1370. The first-order valence-corrected chi connectivity index (χ1v) is 12.0. The molecule has 2 heterocycles. The molecule has 0 bridgehead atoms. The molecular weight excluding hydrogens is 438 g/mol. The summed E-state index contributed by atoms with van der Waals surface area (Å²) >= 11 is 0. The number of likely N-dealkylation sites (tertiary alicyclic amines) is 1. The van der Waals surface area contributed by atoms with Crippen LogP contribution < -0.4 is 0 Å². The summed E-state index contributed by atoms with van der Waals surface area (Å²) in [4.78, 5) is 40.5. The van der Waals surface area contributed by atoms with Gasteiger partial charge in [-0.25, -0.2) is 5.01 Å². The molecule has 3 aromatic carbocycles. The third kappa shape index (κ3) is 3.75. The van der Waals surface area contributed by atoms with E-state index in [1.165, 1.54) is 5.01 Å². The van der Waals surface area contributed by atoms with Crippen LogP contribution in [0.25, 0.3) is 10.8 Å². The number of carbonyl (C=O) groups excluding carboxylic acids is 3. The molecule has 3 amide bonds. The quantitative estimate of drug-likeness (QED) is 0.424. The van der Waals surface area contributed by atoms with E-state index in [1.807, 2.05) is 60.7 Å². The number of hydrogen-bond donors (Lipinski definition) is 0. The van der Waals surface area contributed by atoms with Crippen LogP contribution in [0.15, 0.2) is 90.0 Å². The Labute approximate surface area is 203 Å². The zero-order valence-corrected chi connectivity index (χ0v) is 19.2. The van der Waals surface area contributed by atoms with E-state index in [0.29, 0.717) is 19.3 Å². The molecule has 0 spiro atoms. The average Bonchev–Trinajstić information content (AvgIpc) is 3.45. The molecule has 3 aliphatic rings. The van der Waals surface area contributed by atoms with Crippen molar-refractivity contribution >= 4 is 34.2 Å². The second-order valence-corrected chi connectivity index (χ2v) is 9.40. The summed E-state index contributed by atoms with van der Waals surface area (Å²) in [7, 11) is 0. The fourth-order valence-corrected chi connectivity index (χ4v) is 5.45. The molecule has 1 saturated heterocycles. The Morgan fingerprint density at radius 2 is 1.49 bits per heavy atom. The van der Waals surface area contributed by atoms with Crippen LogP contribution in [0.5, 0.6) is 0 Å². The van der Waals surface area contributed by atoms with Crippen molar-refractivity contribution in [1.29, 1.82) is 0 Å². The van der Waals surface area contributed by atoms with E-state index in [0.717, 1.165) is 32.5 Å². The lowest BCUT2D eigenvalue weighted by Crippen LogP contribution is -2.41. The largest absolute Gasteiger partial charge is 0.274 e. The molecule has 6 rings (SSSR count). The van der Waals surface area contributed by atoms with Gasteiger partial charge in [-0.05, 0) is 40.8 Å². The summed E-state index contributed by atoms with van der Waals surface area (Å²) in [6, 6.07) is 23.8. The zero-order valence-electron chi connectivity index (χ0n) is 19.2. The van der Waals surface area contributed by atoms with Crippen LogP contribution in [0.3, 0.4) is 0 Å². The summed E-state index contributed by atoms with van der Waals surface area (Å²) < 4.78 is 0. The number of hydrazone groups is 1. The standard InChI is InChI=1S/C29H25N3O3/c33-27(18-31-28(34)23-12-6-7-13-24(23)29(31)35)32-26(20-9-2-1-3-10-20)17-25(30-32)22-15-14-19-8-4-5-11-21(19)16-22/h1-11,14-16,23-24,26H,12-13,17-18H2/t23-,24-,26-/m1/s1. The lowest BCUT2D eigenvalue weighted by Gasteiger charge is -2.24. The van der Waals surface area contributed by atoms with Crippen LogP contribution in [-0.2, 0) is 14.4 Å². The molecule has 3 atom stereocenters. The van der Waals surface area contributed by atoms with Crippen molar-refractivity contribution in [2.24, 2.45) is 16.9 Å². The number of carbonyl (C=O) groups is 3. The van der Waals surface area contributed by atoms with E-state index in [9.17, 15) is 14.4 Å². The normalized spacial score (nSPS) is 23.7. The Morgan fingerprint density at radius 3 is 2.20 bits per heavy atom. The van der Waals surface area contributed by atoms with Gasteiger partial charge in [-0.2, -0.15) is 5.10 Å². The number of allylic oxidation sites excluding steroid dienone is 2. The summed E-state index contributed by atoms with van der Waals surface area (Å²) in [5, 5.41) is 8.47. The van der Waals surface area contributed by atoms with Gasteiger partial charge in [-0.15, -0.1) is 0 Å². The van der Waals surface area contributed by atoms with Crippen LogP contribution in [0.2, 0.25) is 0 Å². The molecule has 3 aromatic rings. The monoisotopic (exact) mass is 463 g/mol. The van der Waals surface area contributed by atoms with Gasteiger partial charge in [0.25, 0.3) is 5.91 Å². The zero-order chi connectivity index (χ0) is 23.9. The van der Waals surface area contributed by atoms with Gasteiger partial charge < -0.3 is 0 Å². The Morgan fingerprint density at radius 1 is 0.829 bits per heavy atom. The molecule has 2 aliphatic heterocycles. The number of fused-ring (bicyclic) bond motifs is 2. The highest BCUT2D eigenvalue weighted by atomic mass is 16.2. The van der Waals surface area contributed by atoms with Crippen LogP contribution in [0.1, 0.15) is 36.4 Å². The fourth-order valence-electron chi connectivity index (χ4n) is 5.45. The molecule has 174 valence electrons. The average molecular weight is 464 g/mol. The van der Waals surface area contributed by atoms with Gasteiger partial charge in [-0.3, -0.25) is 19.3 Å². The first-order chi connectivity index (χ1) is 17.1. The molecule has 0 saturated carbocycles. The molecular formula is C29H25N3O3. The SMILES string of the molecule is O=C1[C@@H]2CC=CC[C@H]2C(=O)N1CC(=O)N1N=C(c2ccc3ccccc3c2)C[C@@H]1c1ccccc1. The second kappa shape index (κ2) is 8.62. The number of imide groups is 1.